The van der Waals surface area contributed by atoms with Crippen molar-refractivity contribution in [2.24, 2.45) is 10.9 Å². The van der Waals surface area contributed by atoms with Crippen LogP contribution >= 0.6 is 24.0 Å². The van der Waals surface area contributed by atoms with Crippen molar-refractivity contribution in [1.29, 1.82) is 0 Å². The topological polar surface area (TPSA) is 84.0 Å². The maximum atomic E-state index is 11.6. The molecule has 1 saturated heterocycles. The Balaban J connectivity index is 0.00000450. The number of hydrogen-bond acceptors (Lipinski definition) is 4. The number of benzene rings is 1. The first-order valence-corrected chi connectivity index (χ1v) is 10.5. The molecule has 1 aromatic rings. The van der Waals surface area contributed by atoms with Crippen molar-refractivity contribution < 1.29 is 14.3 Å². The molecule has 2 rings (SSSR count). The van der Waals surface area contributed by atoms with E-state index in [1.165, 1.54) is 5.56 Å². The molecule has 7 nitrogen and oxygen atoms in total. The second kappa shape index (κ2) is 13.7. The molecule has 8 heteroatoms. The molecule has 30 heavy (non-hydrogen) atoms. The maximum Gasteiger partial charge on any atom is 0.407 e. The number of aliphatic imine (C=N–C) groups is 1. The number of amides is 1. The van der Waals surface area contributed by atoms with Gasteiger partial charge in [-0.3, -0.25) is 4.99 Å². The van der Waals surface area contributed by atoms with Crippen LogP contribution in [0.15, 0.2) is 35.3 Å². The van der Waals surface area contributed by atoms with E-state index in [0.717, 1.165) is 38.4 Å². The molecule has 2 atom stereocenters. The molecule has 0 aromatic heterocycles. The molecule has 0 spiro atoms. The molecule has 3 N–H and O–H groups in total. The van der Waals surface area contributed by atoms with Crippen molar-refractivity contribution in [3.05, 3.63) is 35.9 Å². The van der Waals surface area contributed by atoms with E-state index in [-0.39, 0.29) is 36.2 Å². The van der Waals surface area contributed by atoms with Crippen LogP contribution in [0.5, 0.6) is 0 Å². The minimum Gasteiger partial charge on any atom is -0.444 e. The molecule has 0 radical (unpaired) electrons. The van der Waals surface area contributed by atoms with Gasteiger partial charge in [0.2, 0.25) is 0 Å². The number of guanidine groups is 1. The zero-order chi connectivity index (χ0) is 21.1. The number of carbonyl (C=O) groups is 1. The number of hydrogen-bond donors (Lipinski definition) is 3. The number of rotatable bonds is 7. The van der Waals surface area contributed by atoms with Gasteiger partial charge in [0.15, 0.2) is 5.96 Å². The summed E-state index contributed by atoms with van der Waals surface area (Å²) >= 11 is 0. The Labute approximate surface area is 197 Å². The van der Waals surface area contributed by atoms with E-state index in [0.29, 0.717) is 19.0 Å². The van der Waals surface area contributed by atoms with Gasteiger partial charge in [-0.1, -0.05) is 30.3 Å². The second-order valence-electron chi connectivity index (χ2n) is 8.27. The third-order valence-corrected chi connectivity index (χ3v) is 4.64. The van der Waals surface area contributed by atoms with Crippen molar-refractivity contribution >= 4 is 36.0 Å². The lowest BCUT2D eigenvalue weighted by Crippen LogP contribution is -2.42. The van der Waals surface area contributed by atoms with Gasteiger partial charge in [-0.25, -0.2) is 4.79 Å². The van der Waals surface area contributed by atoms with Crippen LogP contribution in [0, 0.1) is 5.92 Å². The van der Waals surface area contributed by atoms with Gasteiger partial charge < -0.3 is 25.4 Å². The molecule has 1 aliphatic rings. The van der Waals surface area contributed by atoms with Crippen LogP contribution < -0.4 is 16.0 Å². The lowest BCUT2D eigenvalue weighted by molar-refractivity contribution is -0.0265. The van der Waals surface area contributed by atoms with Gasteiger partial charge in [0, 0.05) is 39.2 Å². The Kier molecular flexibility index (Phi) is 12.1. The molecule has 1 amide bonds. The summed E-state index contributed by atoms with van der Waals surface area (Å²) in [6.07, 6.45) is 2.72. The van der Waals surface area contributed by atoms with Crippen molar-refractivity contribution in [2.75, 3.05) is 33.3 Å². The molecule has 2 unspecified atom stereocenters. The third-order valence-electron chi connectivity index (χ3n) is 4.64. The lowest BCUT2D eigenvalue weighted by atomic mass is 9.89. The summed E-state index contributed by atoms with van der Waals surface area (Å²) in [6, 6.07) is 10.4. The summed E-state index contributed by atoms with van der Waals surface area (Å²) in [5.41, 5.74) is 0.754. The largest absolute Gasteiger partial charge is 0.444 e. The van der Waals surface area contributed by atoms with Crippen molar-refractivity contribution in [3.63, 3.8) is 0 Å². The van der Waals surface area contributed by atoms with Gasteiger partial charge in [0.1, 0.15) is 5.60 Å². The monoisotopic (exact) mass is 532 g/mol. The molecular formula is C22H37IN4O3. The number of nitrogens with zero attached hydrogens (tertiary/aromatic N) is 1. The van der Waals surface area contributed by atoms with Crippen LogP contribution in [0.25, 0.3) is 0 Å². The molecule has 0 saturated carbocycles. The molecule has 0 aliphatic carbocycles. The van der Waals surface area contributed by atoms with E-state index >= 15 is 0 Å². The Morgan fingerprint density at radius 3 is 2.53 bits per heavy atom. The molecule has 1 aliphatic heterocycles. The predicted molar refractivity (Wildman–Crippen MR) is 131 cm³/mol. The Morgan fingerprint density at radius 2 is 1.87 bits per heavy atom. The first-order chi connectivity index (χ1) is 13.9. The molecule has 1 heterocycles. The highest BCUT2D eigenvalue weighted by atomic mass is 127. The summed E-state index contributed by atoms with van der Waals surface area (Å²) in [7, 11) is 1.76. The average molecular weight is 532 g/mol. The van der Waals surface area contributed by atoms with Crippen LogP contribution in [0.1, 0.15) is 51.7 Å². The second-order valence-corrected chi connectivity index (χ2v) is 8.27. The Bertz CT molecular complexity index is 650. The third kappa shape index (κ3) is 9.97. The minimum atomic E-state index is -0.477. The van der Waals surface area contributed by atoms with Crippen LogP contribution in [0.2, 0.25) is 0 Å². The smallest absolute Gasteiger partial charge is 0.407 e. The van der Waals surface area contributed by atoms with E-state index in [2.05, 4.69) is 45.2 Å². The van der Waals surface area contributed by atoms with E-state index in [4.69, 9.17) is 9.47 Å². The summed E-state index contributed by atoms with van der Waals surface area (Å²) in [6.45, 7) is 8.42. The van der Waals surface area contributed by atoms with E-state index in [1.54, 1.807) is 7.05 Å². The Hall–Kier alpha value is -1.55. The quantitative estimate of drug-likeness (QED) is 0.215. The summed E-state index contributed by atoms with van der Waals surface area (Å²) in [4.78, 5) is 15.9. The van der Waals surface area contributed by atoms with Gasteiger partial charge in [-0.15, -0.1) is 24.0 Å². The average Bonchev–Trinajstić information content (AvgIpc) is 2.69. The summed E-state index contributed by atoms with van der Waals surface area (Å²) in [5.74, 6) is 1.16. The van der Waals surface area contributed by atoms with Gasteiger partial charge in [0.05, 0.1) is 6.10 Å². The fraction of sp³-hybridized carbons (Fsp3) is 0.636. The van der Waals surface area contributed by atoms with Gasteiger partial charge in [-0.05, 0) is 45.6 Å². The fourth-order valence-corrected chi connectivity index (χ4v) is 3.31. The van der Waals surface area contributed by atoms with Crippen molar-refractivity contribution in [3.8, 4) is 0 Å². The zero-order valence-corrected chi connectivity index (χ0v) is 20.9. The van der Waals surface area contributed by atoms with Gasteiger partial charge in [0.25, 0.3) is 0 Å². The first-order valence-electron chi connectivity index (χ1n) is 10.5. The minimum absolute atomic E-state index is 0. The standard InChI is InChI=1S/C22H36N4O3.HI/c1-22(2,3)29-21(27)25-14-9-13-24-20(23-4)26-16-18-12-8-15-28-19(18)17-10-6-5-7-11-17;/h5-7,10-11,18-19H,8-9,12-16H2,1-4H3,(H,25,27)(H2,23,24,26);1H. The van der Waals surface area contributed by atoms with E-state index in [9.17, 15) is 4.79 Å². The molecular weight excluding hydrogens is 495 g/mol. The van der Waals surface area contributed by atoms with E-state index < -0.39 is 5.60 Å². The highest BCUT2D eigenvalue weighted by Crippen LogP contribution is 2.32. The first kappa shape index (κ1) is 26.5. The Morgan fingerprint density at radius 1 is 1.17 bits per heavy atom. The maximum absolute atomic E-state index is 11.6. The highest BCUT2D eigenvalue weighted by molar-refractivity contribution is 14.0. The van der Waals surface area contributed by atoms with Crippen LogP contribution in [0.4, 0.5) is 4.79 Å². The van der Waals surface area contributed by atoms with Gasteiger partial charge in [-0.2, -0.15) is 0 Å². The zero-order valence-electron chi connectivity index (χ0n) is 18.6. The number of ether oxygens (including phenoxy) is 2. The molecule has 1 fully saturated rings. The number of alkyl carbamates (subject to hydrolysis) is 1. The molecule has 0 bridgehead atoms. The normalized spacial score (nSPS) is 19.4. The fourth-order valence-electron chi connectivity index (χ4n) is 3.31. The summed E-state index contributed by atoms with van der Waals surface area (Å²) < 4.78 is 11.3. The lowest BCUT2D eigenvalue weighted by Gasteiger charge is -2.32. The van der Waals surface area contributed by atoms with Crippen molar-refractivity contribution in [1.82, 2.24) is 16.0 Å². The van der Waals surface area contributed by atoms with Crippen LogP contribution in [-0.4, -0.2) is 50.9 Å². The molecule has 170 valence electrons. The van der Waals surface area contributed by atoms with E-state index in [1.807, 2.05) is 26.8 Å². The van der Waals surface area contributed by atoms with Crippen LogP contribution in [-0.2, 0) is 9.47 Å². The molecule has 1 aromatic carbocycles. The SMILES string of the molecule is CN=C(NCCCNC(=O)OC(C)(C)C)NCC1CCCOC1c1ccccc1.I. The van der Waals surface area contributed by atoms with Crippen LogP contribution in [0.3, 0.4) is 0 Å². The van der Waals surface area contributed by atoms with Crippen molar-refractivity contribution in [2.45, 2.75) is 51.7 Å². The predicted octanol–water partition coefficient (Wildman–Crippen LogP) is 3.85. The number of halogens is 1. The van der Waals surface area contributed by atoms with Gasteiger partial charge >= 0.3 is 6.09 Å². The number of nitrogens with one attached hydrogen (secondary N) is 3. The number of carbonyl (C=O) groups excluding carboxylic acids is 1. The summed E-state index contributed by atoms with van der Waals surface area (Å²) in [5, 5.41) is 9.47. The highest BCUT2D eigenvalue weighted by Gasteiger charge is 2.27.